The number of hydrogen-bond donors (Lipinski definition) is 1. The van der Waals surface area contributed by atoms with Gasteiger partial charge in [-0.25, -0.2) is 4.68 Å². The van der Waals surface area contributed by atoms with E-state index < -0.39 is 12.1 Å². The minimum Gasteiger partial charge on any atom is -0.481 e. The number of hydrogen-bond acceptors (Lipinski definition) is 5. The lowest BCUT2D eigenvalue weighted by Crippen LogP contribution is -2.23. The van der Waals surface area contributed by atoms with Crippen molar-refractivity contribution in [2.75, 3.05) is 7.11 Å². The number of tetrazole rings is 1. The minimum absolute atomic E-state index is 0.116. The number of carboxylic acid groups (broad SMARTS) is 1. The van der Waals surface area contributed by atoms with Crippen molar-refractivity contribution in [3.63, 3.8) is 0 Å². The van der Waals surface area contributed by atoms with E-state index in [1.165, 1.54) is 11.8 Å². The fraction of sp³-hybridized carbons (Fsp3) is 0.333. The molecule has 112 valence electrons. The molecule has 1 N–H and O–H groups in total. The van der Waals surface area contributed by atoms with Gasteiger partial charge in [-0.15, -0.1) is 5.10 Å². The first kappa shape index (κ1) is 16.1. The van der Waals surface area contributed by atoms with Gasteiger partial charge in [0.25, 0.3) is 0 Å². The number of carboxylic acids is 1. The second-order valence-corrected chi connectivity index (χ2v) is 6.03. The van der Waals surface area contributed by atoms with Crippen molar-refractivity contribution in [3.8, 4) is 11.4 Å². The number of carbonyl (C=O) groups is 1. The number of halogens is 2. The molecule has 0 aliphatic rings. The quantitative estimate of drug-likeness (QED) is 0.772. The van der Waals surface area contributed by atoms with Crippen molar-refractivity contribution < 1.29 is 14.6 Å². The fourth-order valence-electron chi connectivity index (χ4n) is 1.80. The van der Waals surface area contributed by atoms with E-state index in [0.29, 0.717) is 5.82 Å². The van der Waals surface area contributed by atoms with Gasteiger partial charge < -0.3 is 9.84 Å². The van der Waals surface area contributed by atoms with Crippen LogP contribution in [0.25, 0.3) is 11.4 Å². The number of aromatic nitrogens is 4. The standard InChI is InChI=1S/C12H12Br2N4O3/c1-21-8(5-11(19)20)6-18-12(15-16-17-18)9-4-7(13)2-3-10(9)14/h2-4,8H,5-6H2,1H3,(H,19,20). The van der Waals surface area contributed by atoms with E-state index in [-0.39, 0.29) is 13.0 Å². The van der Waals surface area contributed by atoms with Gasteiger partial charge in [-0.1, -0.05) is 31.9 Å². The molecule has 1 atom stereocenters. The summed E-state index contributed by atoms with van der Waals surface area (Å²) in [5, 5.41) is 20.4. The largest absolute Gasteiger partial charge is 0.481 e. The van der Waals surface area contributed by atoms with Crippen LogP contribution in [0, 0.1) is 0 Å². The molecule has 2 aromatic rings. The van der Waals surface area contributed by atoms with Crippen LogP contribution in [0.2, 0.25) is 0 Å². The molecule has 0 spiro atoms. The molecule has 9 heteroatoms. The first-order valence-corrected chi connectivity index (χ1v) is 7.56. The first-order chi connectivity index (χ1) is 10.0. The molecular formula is C12H12Br2N4O3. The SMILES string of the molecule is COC(CC(=O)O)Cn1nnnc1-c1cc(Br)ccc1Br. The van der Waals surface area contributed by atoms with Gasteiger partial charge in [-0.3, -0.25) is 4.79 Å². The van der Waals surface area contributed by atoms with Crippen LogP contribution in [-0.2, 0) is 16.1 Å². The third kappa shape index (κ3) is 4.08. The van der Waals surface area contributed by atoms with Crippen LogP contribution in [0.5, 0.6) is 0 Å². The zero-order valence-electron chi connectivity index (χ0n) is 11.0. The van der Waals surface area contributed by atoms with Gasteiger partial charge in [0.05, 0.1) is 19.1 Å². The van der Waals surface area contributed by atoms with Crippen LogP contribution < -0.4 is 0 Å². The lowest BCUT2D eigenvalue weighted by molar-refractivity contribution is -0.139. The van der Waals surface area contributed by atoms with Gasteiger partial charge in [-0.2, -0.15) is 0 Å². The molecule has 21 heavy (non-hydrogen) atoms. The van der Waals surface area contributed by atoms with E-state index in [2.05, 4.69) is 47.4 Å². The summed E-state index contributed by atoms with van der Waals surface area (Å²) in [4.78, 5) is 10.8. The topological polar surface area (TPSA) is 90.1 Å². The van der Waals surface area contributed by atoms with Crippen LogP contribution in [-0.4, -0.2) is 44.5 Å². The molecule has 2 rings (SSSR count). The Hall–Kier alpha value is -1.32. The number of aliphatic carboxylic acids is 1. The number of methoxy groups -OCH3 is 1. The molecule has 0 fully saturated rings. The molecule has 1 unspecified atom stereocenters. The van der Waals surface area contributed by atoms with Crippen LogP contribution in [0.1, 0.15) is 6.42 Å². The van der Waals surface area contributed by atoms with Crippen molar-refractivity contribution in [1.29, 1.82) is 0 Å². The molecule has 0 saturated carbocycles. The van der Waals surface area contributed by atoms with Crippen molar-refractivity contribution in [1.82, 2.24) is 20.2 Å². The maximum absolute atomic E-state index is 10.8. The molecule has 1 aromatic heterocycles. The van der Waals surface area contributed by atoms with Gasteiger partial charge in [0.1, 0.15) is 0 Å². The zero-order chi connectivity index (χ0) is 15.4. The highest BCUT2D eigenvalue weighted by atomic mass is 79.9. The smallest absolute Gasteiger partial charge is 0.306 e. The van der Waals surface area contributed by atoms with Crippen molar-refractivity contribution >= 4 is 37.8 Å². The number of ether oxygens (including phenoxy) is 1. The van der Waals surface area contributed by atoms with E-state index >= 15 is 0 Å². The molecular weight excluding hydrogens is 408 g/mol. The second kappa shape index (κ2) is 7.10. The first-order valence-electron chi connectivity index (χ1n) is 5.97. The monoisotopic (exact) mass is 418 g/mol. The van der Waals surface area contributed by atoms with Gasteiger partial charge in [0.2, 0.25) is 0 Å². The Morgan fingerprint density at radius 3 is 2.90 bits per heavy atom. The van der Waals surface area contributed by atoms with Gasteiger partial charge in [0.15, 0.2) is 5.82 Å². The van der Waals surface area contributed by atoms with Crippen LogP contribution in [0.4, 0.5) is 0 Å². The van der Waals surface area contributed by atoms with Crippen LogP contribution in [0.15, 0.2) is 27.1 Å². The van der Waals surface area contributed by atoms with E-state index in [1.807, 2.05) is 18.2 Å². The summed E-state index contributed by atoms with van der Waals surface area (Å²) in [6, 6.07) is 5.65. The average molecular weight is 420 g/mol. The summed E-state index contributed by atoms with van der Waals surface area (Å²) < 4.78 is 8.43. The molecule has 0 aliphatic heterocycles. The summed E-state index contributed by atoms with van der Waals surface area (Å²) in [5.41, 5.74) is 0.805. The highest BCUT2D eigenvalue weighted by molar-refractivity contribution is 9.11. The predicted octanol–water partition coefficient (Wildman–Crippen LogP) is 2.35. The lowest BCUT2D eigenvalue weighted by Gasteiger charge is -2.14. The molecule has 0 bridgehead atoms. The van der Waals surface area contributed by atoms with Crippen molar-refractivity contribution in [3.05, 3.63) is 27.1 Å². The number of rotatable bonds is 6. The predicted molar refractivity (Wildman–Crippen MR) is 81.7 cm³/mol. The Kier molecular flexibility index (Phi) is 5.43. The van der Waals surface area contributed by atoms with Crippen molar-refractivity contribution in [2.24, 2.45) is 0 Å². The van der Waals surface area contributed by atoms with Crippen LogP contribution in [0.3, 0.4) is 0 Å². The van der Waals surface area contributed by atoms with Crippen molar-refractivity contribution in [2.45, 2.75) is 19.1 Å². The van der Waals surface area contributed by atoms with E-state index in [0.717, 1.165) is 14.5 Å². The zero-order valence-corrected chi connectivity index (χ0v) is 14.2. The minimum atomic E-state index is -0.930. The van der Waals surface area contributed by atoms with E-state index in [1.54, 1.807) is 0 Å². The average Bonchev–Trinajstić information content (AvgIpc) is 2.88. The summed E-state index contributed by atoms with van der Waals surface area (Å²) in [5.74, 6) is -0.393. The van der Waals surface area contributed by atoms with Crippen LogP contribution >= 0.6 is 31.9 Å². The molecule has 0 aliphatic carbocycles. The third-order valence-corrected chi connectivity index (χ3v) is 4.00. The molecule has 0 radical (unpaired) electrons. The van der Waals surface area contributed by atoms with Gasteiger partial charge in [0, 0.05) is 21.6 Å². The summed E-state index contributed by atoms with van der Waals surface area (Å²) >= 11 is 6.86. The maximum atomic E-state index is 10.8. The van der Waals surface area contributed by atoms with Gasteiger partial charge in [-0.05, 0) is 28.6 Å². The summed E-state index contributed by atoms with van der Waals surface area (Å²) in [6.07, 6.45) is -0.620. The highest BCUT2D eigenvalue weighted by Crippen LogP contribution is 2.29. The molecule has 0 amide bonds. The molecule has 1 aromatic carbocycles. The highest BCUT2D eigenvalue weighted by Gasteiger charge is 2.18. The Labute approximate surface area is 137 Å². The Balaban J connectivity index is 2.30. The van der Waals surface area contributed by atoms with E-state index in [9.17, 15) is 4.79 Å². The Morgan fingerprint density at radius 1 is 1.48 bits per heavy atom. The summed E-state index contributed by atoms with van der Waals surface area (Å²) in [7, 11) is 1.46. The number of nitrogens with zero attached hydrogens (tertiary/aromatic N) is 4. The Bertz CT molecular complexity index is 647. The maximum Gasteiger partial charge on any atom is 0.306 e. The fourth-order valence-corrected chi connectivity index (χ4v) is 2.58. The molecule has 7 nitrogen and oxygen atoms in total. The number of benzene rings is 1. The Morgan fingerprint density at radius 2 is 2.24 bits per heavy atom. The summed E-state index contributed by atoms with van der Waals surface area (Å²) in [6.45, 7) is 0.254. The van der Waals surface area contributed by atoms with Gasteiger partial charge >= 0.3 is 5.97 Å². The molecule has 1 heterocycles. The third-order valence-electron chi connectivity index (χ3n) is 2.81. The normalized spacial score (nSPS) is 12.3. The second-order valence-electron chi connectivity index (χ2n) is 4.26. The molecule has 0 saturated heterocycles. The van der Waals surface area contributed by atoms with E-state index in [4.69, 9.17) is 9.84 Å². The lowest BCUT2D eigenvalue weighted by atomic mass is 10.2.